The van der Waals surface area contributed by atoms with Crippen LogP contribution in [0.3, 0.4) is 0 Å². The van der Waals surface area contributed by atoms with Crippen molar-refractivity contribution in [2.75, 3.05) is 13.2 Å². The van der Waals surface area contributed by atoms with Crippen molar-refractivity contribution < 1.29 is 23.7 Å². The number of hydrogen-bond donors (Lipinski definition) is 1. The molecule has 0 bridgehead atoms. The first kappa shape index (κ1) is 21.9. The number of fused-ring (bicyclic) bond motifs is 1. The normalized spacial score (nSPS) is 34.1. The Morgan fingerprint density at radius 3 is 2.46 bits per heavy atom. The molecule has 2 fully saturated rings. The van der Waals surface area contributed by atoms with Crippen molar-refractivity contribution in [1.29, 1.82) is 0 Å². The molecule has 5 nitrogen and oxygen atoms in total. The maximum atomic E-state index is 9.66. The Morgan fingerprint density at radius 2 is 1.86 bits per heavy atom. The molecular formula is C22H36O5Si. The van der Waals surface area contributed by atoms with Crippen molar-refractivity contribution in [3.8, 4) is 0 Å². The van der Waals surface area contributed by atoms with Crippen LogP contribution in [0.4, 0.5) is 0 Å². The van der Waals surface area contributed by atoms with E-state index in [4.69, 9.17) is 18.6 Å². The van der Waals surface area contributed by atoms with E-state index in [0.717, 1.165) is 12.0 Å². The van der Waals surface area contributed by atoms with Gasteiger partial charge in [-0.2, -0.15) is 0 Å². The standard InChI is InChI=1S/C22H36O5Si/c1-21(2,3)28(5,6)27-19-14-17-18(26-22(19,4)12-13-23)15-24-20(25-17)16-10-8-7-9-11-16/h7-11,17-20,23H,12-15H2,1-6H3/t17-,18+,19+,20+,22-/m0/s1. The highest BCUT2D eigenvalue weighted by Crippen LogP contribution is 2.44. The summed E-state index contributed by atoms with van der Waals surface area (Å²) in [7, 11) is -2.00. The van der Waals surface area contributed by atoms with E-state index < -0.39 is 13.9 Å². The highest BCUT2D eigenvalue weighted by molar-refractivity contribution is 6.74. The van der Waals surface area contributed by atoms with E-state index in [1.165, 1.54) is 0 Å². The van der Waals surface area contributed by atoms with Crippen LogP contribution in [0.5, 0.6) is 0 Å². The molecule has 3 rings (SSSR count). The highest BCUT2D eigenvalue weighted by atomic mass is 28.4. The van der Waals surface area contributed by atoms with E-state index in [1.807, 2.05) is 30.3 Å². The number of aliphatic hydroxyl groups is 1. The average Bonchev–Trinajstić information content (AvgIpc) is 2.62. The van der Waals surface area contributed by atoms with Crippen LogP contribution < -0.4 is 0 Å². The molecule has 0 amide bonds. The molecule has 2 aliphatic rings. The predicted molar refractivity (Wildman–Crippen MR) is 112 cm³/mol. The molecule has 0 radical (unpaired) electrons. The third kappa shape index (κ3) is 4.53. The van der Waals surface area contributed by atoms with Gasteiger partial charge in [-0.05, 0) is 25.1 Å². The Balaban J connectivity index is 1.79. The van der Waals surface area contributed by atoms with Crippen LogP contribution in [-0.2, 0) is 18.6 Å². The van der Waals surface area contributed by atoms with Crippen molar-refractivity contribution >= 4 is 8.32 Å². The first-order chi connectivity index (χ1) is 13.1. The van der Waals surface area contributed by atoms with E-state index >= 15 is 0 Å². The molecule has 2 aliphatic heterocycles. The Bertz CT molecular complexity index is 644. The lowest BCUT2D eigenvalue weighted by Gasteiger charge is -2.53. The number of benzene rings is 1. The van der Waals surface area contributed by atoms with Gasteiger partial charge in [-0.15, -0.1) is 0 Å². The lowest BCUT2D eigenvalue weighted by Crippen LogP contribution is -2.62. The third-order valence-electron chi connectivity index (χ3n) is 6.60. The molecule has 1 aromatic carbocycles. The molecule has 0 saturated carbocycles. The maximum absolute atomic E-state index is 9.66. The summed E-state index contributed by atoms with van der Waals surface area (Å²) in [6.07, 6.45) is 0.576. The Kier molecular flexibility index (Phi) is 6.40. The highest BCUT2D eigenvalue weighted by Gasteiger charge is 2.52. The summed E-state index contributed by atoms with van der Waals surface area (Å²) in [6, 6.07) is 10.0. The van der Waals surface area contributed by atoms with Crippen molar-refractivity contribution in [1.82, 2.24) is 0 Å². The second kappa shape index (κ2) is 8.17. The van der Waals surface area contributed by atoms with E-state index in [0.29, 0.717) is 13.0 Å². The third-order valence-corrected chi connectivity index (χ3v) is 11.1. The summed E-state index contributed by atoms with van der Waals surface area (Å²) in [5.74, 6) is 0. The second-order valence-corrected chi connectivity index (χ2v) is 14.6. The fraction of sp³-hybridized carbons (Fsp3) is 0.727. The first-order valence-corrected chi connectivity index (χ1v) is 13.2. The van der Waals surface area contributed by atoms with E-state index in [2.05, 4.69) is 40.8 Å². The molecule has 1 aromatic rings. The second-order valence-electron chi connectivity index (χ2n) is 9.80. The van der Waals surface area contributed by atoms with Crippen molar-refractivity contribution in [3.63, 3.8) is 0 Å². The zero-order valence-electron chi connectivity index (χ0n) is 18.1. The van der Waals surface area contributed by atoms with E-state index in [-0.39, 0.29) is 36.2 Å². The smallest absolute Gasteiger partial charge is 0.192 e. The van der Waals surface area contributed by atoms with Crippen molar-refractivity contribution in [3.05, 3.63) is 35.9 Å². The summed E-state index contributed by atoms with van der Waals surface area (Å²) < 4.78 is 25.5. The van der Waals surface area contributed by atoms with Gasteiger partial charge in [0.15, 0.2) is 14.6 Å². The number of ether oxygens (including phenoxy) is 3. The fourth-order valence-electron chi connectivity index (χ4n) is 3.71. The summed E-state index contributed by atoms with van der Waals surface area (Å²) in [4.78, 5) is 0. The number of aliphatic hydroxyl groups excluding tert-OH is 1. The van der Waals surface area contributed by atoms with Gasteiger partial charge in [-0.25, -0.2) is 0 Å². The largest absolute Gasteiger partial charge is 0.411 e. The molecule has 28 heavy (non-hydrogen) atoms. The van der Waals surface area contributed by atoms with Gasteiger partial charge in [0.05, 0.1) is 24.4 Å². The van der Waals surface area contributed by atoms with Gasteiger partial charge in [0, 0.05) is 25.0 Å². The number of rotatable bonds is 5. The summed E-state index contributed by atoms with van der Waals surface area (Å²) in [5, 5.41) is 9.76. The van der Waals surface area contributed by atoms with Crippen LogP contribution in [0.15, 0.2) is 30.3 Å². The lowest BCUT2D eigenvalue weighted by atomic mass is 9.86. The maximum Gasteiger partial charge on any atom is 0.192 e. The van der Waals surface area contributed by atoms with Gasteiger partial charge in [-0.3, -0.25) is 0 Å². The van der Waals surface area contributed by atoms with Crippen molar-refractivity contribution in [2.45, 2.75) is 88.9 Å². The quantitative estimate of drug-likeness (QED) is 0.731. The minimum atomic E-state index is -2.00. The molecule has 6 heteroatoms. The first-order valence-electron chi connectivity index (χ1n) is 10.3. The van der Waals surface area contributed by atoms with Gasteiger partial charge >= 0.3 is 0 Å². The SMILES string of the molecule is CC(C)(C)[Si](C)(C)O[C@@H]1C[C@@H]2O[C@H](c3ccccc3)OC[C@H]2O[C@@]1(C)CCO. The topological polar surface area (TPSA) is 57.2 Å². The van der Waals surface area contributed by atoms with Gasteiger partial charge in [0.1, 0.15) is 6.10 Å². The molecule has 158 valence electrons. The molecule has 0 spiro atoms. The molecule has 0 aliphatic carbocycles. The minimum absolute atomic E-state index is 0.0691. The molecule has 1 N–H and O–H groups in total. The summed E-state index contributed by atoms with van der Waals surface area (Å²) in [5.41, 5.74) is 0.476. The van der Waals surface area contributed by atoms with Gasteiger partial charge in [0.2, 0.25) is 0 Å². The van der Waals surface area contributed by atoms with Gasteiger partial charge < -0.3 is 23.7 Å². The lowest BCUT2D eigenvalue weighted by molar-refractivity contribution is -0.320. The van der Waals surface area contributed by atoms with Crippen LogP contribution in [0, 0.1) is 0 Å². The Morgan fingerprint density at radius 1 is 1.18 bits per heavy atom. The van der Waals surface area contributed by atoms with Crippen molar-refractivity contribution in [2.24, 2.45) is 0 Å². The van der Waals surface area contributed by atoms with Crippen LogP contribution >= 0.6 is 0 Å². The molecule has 2 heterocycles. The average molecular weight is 409 g/mol. The molecular weight excluding hydrogens is 372 g/mol. The van der Waals surface area contributed by atoms with E-state index in [1.54, 1.807) is 0 Å². The van der Waals surface area contributed by atoms with Crippen LogP contribution in [0.2, 0.25) is 18.1 Å². The van der Waals surface area contributed by atoms with Crippen LogP contribution in [0.1, 0.15) is 52.4 Å². The predicted octanol–water partition coefficient (Wildman–Crippen LogP) is 4.42. The Hall–Kier alpha value is -0.763. The summed E-state index contributed by atoms with van der Waals surface area (Å²) >= 11 is 0. The molecule has 0 unspecified atom stereocenters. The van der Waals surface area contributed by atoms with E-state index in [9.17, 15) is 5.11 Å². The van der Waals surface area contributed by atoms with Gasteiger partial charge in [-0.1, -0.05) is 51.1 Å². The van der Waals surface area contributed by atoms with Gasteiger partial charge in [0.25, 0.3) is 0 Å². The molecule has 2 saturated heterocycles. The molecule has 0 aromatic heterocycles. The van der Waals surface area contributed by atoms with Crippen LogP contribution in [0.25, 0.3) is 0 Å². The molecule has 5 atom stereocenters. The zero-order chi connectivity index (χ0) is 20.6. The minimum Gasteiger partial charge on any atom is -0.411 e. The Labute approximate surface area is 170 Å². The van der Waals surface area contributed by atoms with Crippen LogP contribution in [-0.4, -0.2) is 50.6 Å². The zero-order valence-corrected chi connectivity index (χ0v) is 19.1. The monoisotopic (exact) mass is 408 g/mol. The fourth-order valence-corrected chi connectivity index (χ4v) is 5.12. The number of hydrogen-bond acceptors (Lipinski definition) is 5. The summed E-state index contributed by atoms with van der Waals surface area (Å²) in [6.45, 7) is 13.9.